The second kappa shape index (κ2) is 5.99. The molecule has 1 unspecified atom stereocenters. The van der Waals surface area contributed by atoms with Gasteiger partial charge in [0.25, 0.3) is 0 Å². The van der Waals surface area contributed by atoms with E-state index in [4.69, 9.17) is 9.47 Å². The van der Waals surface area contributed by atoms with Crippen LogP contribution in [-0.4, -0.2) is 20.1 Å². The van der Waals surface area contributed by atoms with Crippen LogP contribution in [0.1, 0.15) is 38.2 Å². The monoisotopic (exact) mass is 275 g/mol. The van der Waals surface area contributed by atoms with E-state index in [0.29, 0.717) is 12.2 Å². The number of hydrogen-bond donors (Lipinski definition) is 1. The molecule has 1 atom stereocenters. The Balaban J connectivity index is 2.58. The first kappa shape index (κ1) is 14.4. The largest absolute Gasteiger partial charge is 0.497 e. The summed E-state index contributed by atoms with van der Waals surface area (Å²) >= 11 is 0. The second-order valence-corrected chi connectivity index (χ2v) is 4.95. The highest BCUT2D eigenvalue weighted by atomic mass is 16.5. The third-order valence-electron chi connectivity index (χ3n) is 3.66. The summed E-state index contributed by atoms with van der Waals surface area (Å²) in [6, 6.07) is 3.71. The molecule has 4 nitrogen and oxygen atoms in total. The number of benzene rings is 1. The number of amides is 1. The van der Waals surface area contributed by atoms with Gasteiger partial charge < -0.3 is 14.8 Å². The Labute approximate surface area is 119 Å². The molecule has 108 valence electrons. The Morgan fingerprint density at radius 2 is 2.15 bits per heavy atom. The van der Waals surface area contributed by atoms with E-state index in [9.17, 15) is 4.79 Å². The molecule has 1 aromatic carbocycles. The number of hydrogen-bond acceptors (Lipinski definition) is 3. The van der Waals surface area contributed by atoms with E-state index in [1.165, 1.54) is 5.57 Å². The summed E-state index contributed by atoms with van der Waals surface area (Å²) < 4.78 is 10.7. The van der Waals surface area contributed by atoms with Crippen molar-refractivity contribution in [3.05, 3.63) is 29.3 Å². The van der Waals surface area contributed by atoms with Crippen LogP contribution in [0.2, 0.25) is 0 Å². The molecule has 0 aromatic heterocycles. The van der Waals surface area contributed by atoms with Crippen molar-refractivity contribution in [2.45, 2.75) is 32.6 Å². The maximum absolute atomic E-state index is 11.9. The molecule has 1 heterocycles. The number of rotatable bonds is 4. The SMILES string of the molecule is CCC=C(C)C1CC(=O)Nc2cc(OC)cc(OC)c21. The second-order valence-electron chi connectivity index (χ2n) is 4.95. The van der Waals surface area contributed by atoms with Crippen LogP contribution < -0.4 is 14.8 Å². The molecule has 1 amide bonds. The number of methoxy groups -OCH3 is 2. The van der Waals surface area contributed by atoms with Crippen molar-refractivity contribution in [1.82, 2.24) is 0 Å². The summed E-state index contributed by atoms with van der Waals surface area (Å²) in [5.41, 5.74) is 3.02. The quantitative estimate of drug-likeness (QED) is 0.856. The number of ether oxygens (including phenoxy) is 2. The minimum absolute atomic E-state index is 0.0293. The fourth-order valence-electron chi connectivity index (χ4n) is 2.69. The minimum Gasteiger partial charge on any atom is -0.497 e. The number of nitrogens with one attached hydrogen (secondary N) is 1. The predicted octanol–water partition coefficient (Wildman–Crippen LogP) is 3.49. The fraction of sp³-hybridized carbons (Fsp3) is 0.438. The molecule has 20 heavy (non-hydrogen) atoms. The van der Waals surface area contributed by atoms with Gasteiger partial charge in [-0.3, -0.25) is 4.79 Å². The summed E-state index contributed by atoms with van der Waals surface area (Å²) in [7, 11) is 3.24. The molecule has 2 rings (SSSR count). The van der Waals surface area contributed by atoms with E-state index < -0.39 is 0 Å². The van der Waals surface area contributed by atoms with Crippen molar-refractivity contribution in [2.75, 3.05) is 19.5 Å². The van der Waals surface area contributed by atoms with Crippen LogP contribution in [0.4, 0.5) is 5.69 Å². The van der Waals surface area contributed by atoms with Gasteiger partial charge in [0, 0.05) is 30.0 Å². The van der Waals surface area contributed by atoms with Gasteiger partial charge in [-0.25, -0.2) is 0 Å². The average Bonchev–Trinajstić information content (AvgIpc) is 2.44. The zero-order valence-corrected chi connectivity index (χ0v) is 12.4. The van der Waals surface area contributed by atoms with Crippen LogP contribution in [0.3, 0.4) is 0 Å². The zero-order valence-electron chi connectivity index (χ0n) is 12.4. The molecule has 4 heteroatoms. The van der Waals surface area contributed by atoms with Crippen LogP contribution in [0.15, 0.2) is 23.8 Å². The molecule has 1 aromatic rings. The van der Waals surface area contributed by atoms with Gasteiger partial charge in [-0.15, -0.1) is 0 Å². The van der Waals surface area contributed by atoms with Gasteiger partial charge in [0.05, 0.1) is 19.9 Å². The van der Waals surface area contributed by atoms with E-state index in [1.807, 2.05) is 12.1 Å². The van der Waals surface area contributed by atoms with E-state index >= 15 is 0 Å². The topological polar surface area (TPSA) is 47.6 Å². The summed E-state index contributed by atoms with van der Waals surface area (Å²) in [5.74, 6) is 1.54. The van der Waals surface area contributed by atoms with Crippen molar-refractivity contribution in [3.8, 4) is 11.5 Å². The molecule has 0 radical (unpaired) electrons. The van der Waals surface area contributed by atoms with Crippen LogP contribution in [0.25, 0.3) is 0 Å². The Morgan fingerprint density at radius 3 is 2.75 bits per heavy atom. The highest BCUT2D eigenvalue weighted by molar-refractivity contribution is 5.96. The fourth-order valence-corrected chi connectivity index (χ4v) is 2.69. The lowest BCUT2D eigenvalue weighted by Gasteiger charge is -2.28. The van der Waals surface area contributed by atoms with Crippen LogP contribution in [-0.2, 0) is 4.79 Å². The molecule has 0 bridgehead atoms. The van der Waals surface area contributed by atoms with Crippen molar-refractivity contribution < 1.29 is 14.3 Å². The first-order chi connectivity index (χ1) is 9.60. The highest BCUT2D eigenvalue weighted by Crippen LogP contribution is 2.44. The van der Waals surface area contributed by atoms with Gasteiger partial charge >= 0.3 is 0 Å². The maximum Gasteiger partial charge on any atom is 0.225 e. The van der Waals surface area contributed by atoms with Gasteiger partial charge in [-0.2, -0.15) is 0 Å². The van der Waals surface area contributed by atoms with Gasteiger partial charge in [0.1, 0.15) is 11.5 Å². The summed E-state index contributed by atoms with van der Waals surface area (Å²) in [6.07, 6.45) is 3.58. The van der Waals surface area contributed by atoms with E-state index in [1.54, 1.807) is 14.2 Å². The smallest absolute Gasteiger partial charge is 0.225 e. The Kier molecular flexibility index (Phi) is 4.32. The van der Waals surface area contributed by atoms with Crippen LogP contribution in [0.5, 0.6) is 11.5 Å². The number of fused-ring (bicyclic) bond motifs is 1. The molecule has 0 spiro atoms. The van der Waals surface area contributed by atoms with Gasteiger partial charge in [0.2, 0.25) is 5.91 Å². The number of anilines is 1. The Bertz CT molecular complexity index is 549. The molecule has 0 saturated heterocycles. The number of carbonyl (C=O) groups excluding carboxylic acids is 1. The van der Waals surface area contributed by atoms with Gasteiger partial charge in [-0.1, -0.05) is 18.6 Å². The highest BCUT2D eigenvalue weighted by Gasteiger charge is 2.30. The van der Waals surface area contributed by atoms with Crippen LogP contribution >= 0.6 is 0 Å². The van der Waals surface area contributed by atoms with Gasteiger partial charge in [-0.05, 0) is 13.3 Å². The summed E-state index contributed by atoms with van der Waals surface area (Å²) in [6.45, 7) is 4.17. The molecule has 1 N–H and O–H groups in total. The van der Waals surface area contributed by atoms with Crippen molar-refractivity contribution >= 4 is 11.6 Å². The molecule has 0 aliphatic carbocycles. The molecule has 0 saturated carbocycles. The van der Waals surface area contributed by atoms with E-state index in [2.05, 4.69) is 25.2 Å². The third-order valence-corrected chi connectivity index (χ3v) is 3.66. The zero-order chi connectivity index (χ0) is 14.7. The van der Waals surface area contributed by atoms with Crippen LogP contribution in [0, 0.1) is 0 Å². The summed E-state index contributed by atoms with van der Waals surface area (Å²) in [4.78, 5) is 11.9. The summed E-state index contributed by atoms with van der Waals surface area (Å²) in [5, 5.41) is 2.91. The first-order valence-corrected chi connectivity index (χ1v) is 6.83. The Morgan fingerprint density at radius 1 is 1.40 bits per heavy atom. The molecule has 0 fully saturated rings. The lowest BCUT2D eigenvalue weighted by Crippen LogP contribution is -2.24. The lowest BCUT2D eigenvalue weighted by molar-refractivity contribution is -0.116. The third kappa shape index (κ3) is 2.64. The molecule has 1 aliphatic rings. The standard InChI is InChI=1S/C16H21NO3/c1-5-6-10(2)12-9-15(18)17-13-7-11(19-3)8-14(20-4)16(12)13/h6-8,12H,5,9H2,1-4H3,(H,17,18). The van der Waals surface area contributed by atoms with Crippen molar-refractivity contribution in [3.63, 3.8) is 0 Å². The minimum atomic E-state index is 0.0293. The first-order valence-electron chi connectivity index (χ1n) is 6.83. The average molecular weight is 275 g/mol. The Hall–Kier alpha value is -1.97. The van der Waals surface area contributed by atoms with E-state index in [0.717, 1.165) is 23.4 Å². The number of allylic oxidation sites excluding steroid dienone is 2. The van der Waals surface area contributed by atoms with Gasteiger partial charge in [0.15, 0.2) is 0 Å². The molecule has 1 aliphatic heterocycles. The normalized spacial score (nSPS) is 18.3. The molecular formula is C16H21NO3. The van der Waals surface area contributed by atoms with E-state index in [-0.39, 0.29) is 11.8 Å². The predicted molar refractivity (Wildman–Crippen MR) is 79.6 cm³/mol. The van der Waals surface area contributed by atoms with Crippen molar-refractivity contribution in [2.24, 2.45) is 0 Å². The van der Waals surface area contributed by atoms with Crippen molar-refractivity contribution in [1.29, 1.82) is 0 Å². The number of carbonyl (C=O) groups is 1. The lowest BCUT2D eigenvalue weighted by atomic mass is 9.84. The molecular weight excluding hydrogens is 254 g/mol. The maximum atomic E-state index is 11.9.